The highest BCUT2D eigenvalue weighted by Crippen LogP contribution is 2.17. The first-order valence-corrected chi connectivity index (χ1v) is 8.42. The van der Waals surface area contributed by atoms with Crippen LogP contribution in [0.5, 0.6) is 0 Å². The third-order valence-corrected chi connectivity index (χ3v) is 3.95. The highest BCUT2D eigenvalue weighted by Gasteiger charge is 2.19. The molecular formula is C18H22N6O2. The number of aryl methyl sites for hydroxylation is 2. The summed E-state index contributed by atoms with van der Waals surface area (Å²) in [5.74, 6) is 0.294. The van der Waals surface area contributed by atoms with Crippen LogP contribution in [-0.2, 0) is 16.9 Å². The first-order valence-electron chi connectivity index (χ1n) is 8.42. The van der Waals surface area contributed by atoms with Gasteiger partial charge in [-0.05, 0) is 45.4 Å². The molecule has 0 saturated heterocycles. The fraction of sp³-hybridized carbons (Fsp3) is 0.389. The van der Waals surface area contributed by atoms with Gasteiger partial charge in [0.05, 0.1) is 18.1 Å². The SMILES string of the molecule is Cc1ccnc(NC(=O)CCn2cnc3c(cnn3C(C)(C)C)c2=O)c1. The molecular weight excluding hydrogens is 332 g/mol. The van der Waals surface area contributed by atoms with Crippen molar-refractivity contribution in [3.8, 4) is 0 Å². The predicted octanol–water partition coefficient (Wildman–Crippen LogP) is 2.08. The van der Waals surface area contributed by atoms with E-state index in [2.05, 4.69) is 20.4 Å². The minimum absolute atomic E-state index is 0.149. The van der Waals surface area contributed by atoms with Crippen LogP contribution in [0.15, 0.2) is 35.6 Å². The summed E-state index contributed by atoms with van der Waals surface area (Å²) in [6.07, 6.45) is 4.78. The zero-order valence-electron chi connectivity index (χ0n) is 15.4. The zero-order valence-corrected chi connectivity index (χ0v) is 15.4. The number of hydrogen-bond donors (Lipinski definition) is 1. The lowest BCUT2D eigenvalue weighted by Crippen LogP contribution is -2.26. The van der Waals surface area contributed by atoms with Gasteiger partial charge in [-0.3, -0.25) is 14.2 Å². The number of carbonyl (C=O) groups excluding carboxylic acids is 1. The Balaban J connectivity index is 1.74. The second-order valence-corrected chi connectivity index (χ2v) is 7.22. The molecule has 1 N–H and O–H groups in total. The number of nitrogens with zero attached hydrogens (tertiary/aromatic N) is 5. The van der Waals surface area contributed by atoms with E-state index >= 15 is 0 Å². The standard InChI is InChI=1S/C18H22N6O2/c1-12-5-7-19-14(9-12)22-15(25)6-8-23-11-20-16-13(17(23)26)10-21-24(16)18(2,3)4/h5,7,9-11H,6,8H2,1-4H3,(H,19,22,25). The molecule has 26 heavy (non-hydrogen) atoms. The van der Waals surface area contributed by atoms with Gasteiger partial charge in [0.2, 0.25) is 5.91 Å². The molecule has 1 amide bonds. The summed E-state index contributed by atoms with van der Waals surface area (Å²) < 4.78 is 3.16. The Bertz CT molecular complexity index is 1010. The lowest BCUT2D eigenvalue weighted by molar-refractivity contribution is -0.116. The second-order valence-electron chi connectivity index (χ2n) is 7.22. The van der Waals surface area contributed by atoms with Crippen LogP contribution >= 0.6 is 0 Å². The Hall–Kier alpha value is -3.03. The molecule has 0 aromatic carbocycles. The quantitative estimate of drug-likeness (QED) is 0.774. The molecule has 8 heteroatoms. The Morgan fingerprint density at radius 1 is 1.27 bits per heavy atom. The van der Waals surface area contributed by atoms with Crippen molar-refractivity contribution in [3.63, 3.8) is 0 Å². The monoisotopic (exact) mass is 354 g/mol. The van der Waals surface area contributed by atoms with E-state index in [-0.39, 0.29) is 30.0 Å². The number of nitrogens with one attached hydrogen (secondary N) is 1. The number of hydrogen-bond acceptors (Lipinski definition) is 5. The van der Waals surface area contributed by atoms with E-state index in [9.17, 15) is 9.59 Å². The van der Waals surface area contributed by atoms with Crippen molar-refractivity contribution < 1.29 is 4.79 Å². The molecule has 0 fully saturated rings. The largest absolute Gasteiger partial charge is 0.311 e. The number of amides is 1. The van der Waals surface area contributed by atoms with Crippen molar-refractivity contribution in [2.45, 2.75) is 46.2 Å². The van der Waals surface area contributed by atoms with E-state index in [0.717, 1.165) is 5.56 Å². The molecule has 0 saturated carbocycles. The van der Waals surface area contributed by atoms with E-state index in [4.69, 9.17) is 0 Å². The van der Waals surface area contributed by atoms with Crippen molar-refractivity contribution in [1.82, 2.24) is 24.3 Å². The summed E-state index contributed by atoms with van der Waals surface area (Å²) >= 11 is 0. The Kier molecular flexibility index (Phi) is 4.58. The van der Waals surface area contributed by atoms with Crippen LogP contribution in [0.4, 0.5) is 5.82 Å². The molecule has 8 nitrogen and oxygen atoms in total. The van der Waals surface area contributed by atoms with Crippen LogP contribution in [0.2, 0.25) is 0 Å². The summed E-state index contributed by atoms with van der Waals surface area (Å²) in [5.41, 5.74) is 1.09. The Morgan fingerprint density at radius 3 is 2.73 bits per heavy atom. The van der Waals surface area contributed by atoms with Gasteiger partial charge in [-0.25, -0.2) is 14.6 Å². The maximum Gasteiger partial charge on any atom is 0.264 e. The van der Waals surface area contributed by atoms with Gasteiger partial charge in [0, 0.05) is 19.2 Å². The topological polar surface area (TPSA) is 94.7 Å². The summed E-state index contributed by atoms with van der Waals surface area (Å²) in [5, 5.41) is 7.46. The van der Waals surface area contributed by atoms with Gasteiger partial charge in [0.25, 0.3) is 5.56 Å². The van der Waals surface area contributed by atoms with Gasteiger partial charge in [-0.1, -0.05) is 0 Å². The van der Waals surface area contributed by atoms with Gasteiger partial charge in [-0.15, -0.1) is 0 Å². The molecule has 136 valence electrons. The molecule has 0 aliphatic heterocycles. The van der Waals surface area contributed by atoms with Crippen LogP contribution in [0.3, 0.4) is 0 Å². The van der Waals surface area contributed by atoms with Gasteiger partial charge in [0.1, 0.15) is 11.2 Å². The maximum atomic E-state index is 12.6. The Morgan fingerprint density at radius 2 is 2.04 bits per heavy atom. The lowest BCUT2D eigenvalue weighted by Gasteiger charge is -2.19. The third kappa shape index (κ3) is 3.63. The normalized spacial score (nSPS) is 11.7. The van der Waals surface area contributed by atoms with Crippen molar-refractivity contribution in [2.24, 2.45) is 0 Å². The molecule has 3 heterocycles. The molecule has 0 radical (unpaired) electrons. The van der Waals surface area contributed by atoms with E-state index in [1.807, 2.05) is 33.8 Å². The minimum atomic E-state index is -0.270. The summed E-state index contributed by atoms with van der Waals surface area (Å²) in [7, 11) is 0. The van der Waals surface area contributed by atoms with Crippen LogP contribution in [0.25, 0.3) is 11.0 Å². The number of fused-ring (bicyclic) bond motifs is 1. The van der Waals surface area contributed by atoms with Gasteiger partial charge >= 0.3 is 0 Å². The molecule has 0 spiro atoms. The number of anilines is 1. The number of pyridine rings is 1. The Labute approximate surface area is 150 Å². The first-order chi connectivity index (χ1) is 12.3. The average Bonchev–Trinajstić information content (AvgIpc) is 2.99. The molecule has 3 aromatic heterocycles. The van der Waals surface area contributed by atoms with Gasteiger partial charge in [-0.2, -0.15) is 5.10 Å². The summed E-state index contributed by atoms with van der Waals surface area (Å²) in [4.78, 5) is 33.2. The van der Waals surface area contributed by atoms with Gasteiger partial charge < -0.3 is 5.32 Å². The fourth-order valence-electron chi connectivity index (χ4n) is 2.63. The van der Waals surface area contributed by atoms with E-state index in [0.29, 0.717) is 16.9 Å². The summed E-state index contributed by atoms with van der Waals surface area (Å²) in [6.45, 7) is 8.15. The lowest BCUT2D eigenvalue weighted by atomic mass is 10.1. The van der Waals surface area contributed by atoms with E-state index in [1.165, 1.54) is 17.1 Å². The average molecular weight is 354 g/mol. The fourth-order valence-corrected chi connectivity index (χ4v) is 2.63. The van der Waals surface area contributed by atoms with E-state index in [1.54, 1.807) is 16.9 Å². The predicted molar refractivity (Wildman–Crippen MR) is 99.0 cm³/mol. The summed E-state index contributed by atoms with van der Waals surface area (Å²) in [6, 6.07) is 3.65. The highest BCUT2D eigenvalue weighted by molar-refractivity contribution is 5.89. The van der Waals surface area contributed by atoms with Crippen LogP contribution in [0, 0.1) is 6.92 Å². The number of aromatic nitrogens is 5. The molecule has 0 atom stereocenters. The molecule has 0 bridgehead atoms. The van der Waals surface area contributed by atoms with Crippen LogP contribution in [0.1, 0.15) is 32.8 Å². The zero-order chi connectivity index (χ0) is 18.9. The van der Waals surface area contributed by atoms with Crippen LogP contribution in [-0.4, -0.2) is 30.2 Å². The van der Waals surface area contributed by atoms with Crippen molar-refractivity contribution in [1.29, 1.82) is 0 Å². The van der Waals surface area contributed by atoms with E-state index < -0.39 is 0 Å². The minimum Gasteiger partial charge on any atom is -0.311 e. The molecule has 0 aliphatic carbocycles. The second kappa shape index (κ2) is 6.70. The first kappa shape index (κ1) is 17.8. The molecule has 3 rings (SSSR count). The van der Waals surface area contributed by atoms with Crippen molar-refractivity contribution in [3.05, 3.63) is 46.8 Å². The maximum absolute atomic E-state index is 12.6. The molecule has 0 aliphatic rings. The number of carbonyl (C=O) groups is 1. The van der Waals surface area contributed by atoms with Gasteiger partial charge in [0.15, 0.2) is 5.65 Å². The third-order valence-electron chi connectivity index (χ3n) is 3.95. The highest BCUT2D eigenvalue weighted by atomic mass is 16.2. The smallest absolute Gasteiger partial charge is 0.264 e. The number of rotatable bonds is 4. The molecule has 3 aromatic rings. The van der Waals surface area contributed by atoms with Crippen LogP contribution < -0.4 is 10.9 Å². The molecule has 0 unspecified atom stereocenters. The van der Waals surface area contributed by atoms with Crippen molar-refractivity contribution in [2.75, 3.05) is 5.32 Å². The van der Waals surface area contributed by atoms with Crippen molar-refractivity contribution >= 4 is 22.8 Å².